The summed E-state index contributed by atoms with van der Waals surface area (Å²) in [4.78, 5) is 0. The van der Waals surface area contributed by atoms with Crippen molar-refractivity contribution in [2.75, 3.05) is 0 Å². The fourth-order valence-corrected chi connectivity index (χ4v) is 6.92. The fourth-order valence-electron chi connectivity index (χ4n) is 4.32. The average molecular weight is 362 g/mol. The van der Waals surface area contributed by atoms with E-state index in [1.54, 1.807) is 0 Å². The Morgan fingerprint density at radius 1 is 0.519 bits per heavy atom. The average Bonchev–Trinajstić information content (AvgIpc) is 3.02. The first kappa shape index (κ1) is 16.3. The van der Waals surface area contributed by atoms with E-state index < -0.39 is 8.80 Å². The minimum Gasteiger partial charge on any atom is -0.0624 e. The van der Waals surface area contributed by atoms with E-state index >= 15 is 0 Å². The van der Waals surface area contributed by atoms with Crippen LogP contribution in [0.25, 0.3) is 11.1 Å². The van der Waals surface area contributed by atoms with Crippen molar-refractivity contribution in [2.45, 2.75) is 12.8 Å². The molecule has 4 aromatic rings. The molecule has 1 radical (unpaired) electrons. The quantitative estimate of drug-likeness (QED) is 0.376. The second-order valence-corrected chi connectivity index (χ2v) is 9.70. The standard InChI is InChI=1S/C26H21Si/c1-19-23-14-8-9-15-24(23)25-17-16-22(18-26(19)25)27(20-10-4-2-5-11-20)21-12-6-3-7-13-21/h2-19H,1H3. The van der Waals surface area contributed by atoms with Crippen LogP contribution in [-0.2, 0) is 0 Å². The van der Waals surface area contributed by atoms with Crippen molar-refractivity contribution in [3.8, 4) is 11.1 Å². The van der Waals surface area contributed by atoms with Gasteiger partial charge in [-0.15, -0.1) is 0 Å². The number of benzene rings is 4. The molecule has 0 aliphatic heterocycles. The monoisotopic (exact) mass is 361 g/mol. The molecule has 1 unspecified atom stereocenters. The van der Waals surface area contributed by atoms with E-state index in [-0.39, 0.29) is 0 Å². The van der Waals surface area contributed by atoms with E-state index in [0.717, 1.165) is 0 Å². The van der Waals surface area contributed by atoms with Gasteiger partial charge < -0.3 is 0 Å². The summed E-state index contributed by atoms with van der Waals surface area (Å²) in [5, 5.41) is 4.35. The molecule has 0 fully saturated rings. The lowest BCUT2D eigenvalue weighted by Crippen LogP contribution is -2.52. The molecular weight excluding hydrogens is 340 g/mol. The summed E-state index contributed by atoms with van der Waals surface area (Å²) in [6.07, 6.45) is 0. The zero-order valence-corrected chi connectivity index (χ0v) is 16.4. The topological polar surface area (TPSA) is 0 Å². The van der Waals surface area contributed by atoms with Gasteiger partial charge in [-0.3, -0.25) is 0 Å². The number of hydrogen-bond acceptors (Lipinski definition) is 0. The van der Waals surface area contributed by atoms with Crippen LogP contribution < -0.4 is 15.6 Å². The van der Waals surface area contributed by atoms with Crippen molar-refractivity contribution in [2.24, 2.45) is 0 Å². The SMILES string of the molecule is CC1c2ccccc2-c2ccc([Si](c3ccccc3)c3ccccc3)cc21. The van der Waals surface area contributed by atoms with Crippen LogP contribution in [0.4, 0.5) is 0 Å². The summed E-state index contributed by atoms with van der Waals surface area (Å²) in [5.74, 6) is 0.464. The molecule has 27 heavy (non-hydrogen) atoms. The van der Waals surface area contributed by atoms with Crippen molar-refractivity contribution in [1.82, 2.24) is 0 Å². The zero-order valence-electron chi connectivity index (χ0n) is 15.4. The smallest absolute Gasteiger partial charge is 0.0624 e. The zero-order chi connectivity index (χ0) is 18.2. The Labute approximate surface area is 162 Å². The summed E-state index contributed by atoms with van der Waals surface area (Å²) in [7, 11) is -1.01. The maximum Gasteiger partial charge on any atom is 0.154 e. The Morgan fingerprint density at radius 3 is 1.74 bits per heavy atom. The predicted molar refractivity (Wildman–Crippen MR) is 117 cm³/mol. The summed E-state index contributed by atoms with van der Waals surface area (Å²) >= 11 is 0. The van der Waals surface area contributed by atoms with Crippen molar-refractivity contribution in [3.63, 3.8) is 0 Å². The van der Waals surface area contributed by atoms with E-state index in [1.165, 1.54) is 37.8 Å². The van der Waals surface area contributed by atoms with Gasteiger partial charge in [0.25, 0.3) is 0 Å². The van der Waals surface area contributed by atoms with Gasteiger partial charge in [0.1, 0.15) is 0 Å². The second-order valence-electron chi connectivity index (χ2n) is 7.22. The Morgan fingerprint density at radius 2 is 1.07 bits per heavy atom. The van der Waals surface area contributed by atoms with Crippen molar-refractivity contribution >= 4 is 24.4 Å². The van der Waals surface area contributed by atoms with Crippen LogP contribution in [0.2, 0.25) is 0 Å². The van der Waals surface area contributed by atoms with Gasteiger partial charge in [-0.25, -0.2) is 0 Å². The molecule has 0 bridgehead atoms. The highest BCUT2D eigenvalue weighted by atomic mass is 28.3. The third-order valence-electron chi connectivity index (χ3n) is 5.65. The van der Waals surface area contributed by atoms with Gasteiger partial charge in [-0.05, 0) is 22.3 Å². The Kier molecular flexibility index (Phi) is 4.03. The molecule has 0 nitrogen and oxygen atoms in total. The van der Waals surface area contributed by atoms with Gasteiger partial charge in [0.05, 0.1) is 0 Å². The number of fused-ring (bicyclic) bond motifs is 3. The molecule has 0 N–H and O–H groups in total. The maximum atomic E-state index is 2.48. The first-order valence-electron chi connectivity index (χ1n) is 9.54. The van der Waals surface area contributed by atoms with Crippen LogP contribution in [0, 0.1) is 0 Å². The Balaban J connectivity index is 1.67. The van der Waals surface area contributed by atoms with E-state index in [0.29, 0.717) is 5.92 Å². The normalized spacial score (nSPS) is 14.8. The highest BCUT2D eigenvalue weighted by Crippen LogP contribution is 2.43. The van der Waals surface area contributed by atoms with Gasteiger partial charge >= 0.3 is 0 Å². The number of rotatable bonds is 3. The molecule has 0 saturated heterocycles. The molecule has 1 atom stereocenters. The fraction of sp³-hybridized carbons (Fsp3) is 0.0769. The highest BCUT2D eigenvalue weighted by molar-refractivity contribution is 6.95. The Hall–Kier alpha value is -2.90. The van der Waals surface area contributed by atoms with Crippen LogP contribution in [0.1, 0.15) is 24.0 Å². The van der Waals surface area contributed by atoms with Gasteiger partial charge in [-0.1, -0.05) is 126 Å². The summed E-state index contributed by atoms with van der Waals surface area (Å²) in [6.45, 7) is 2.34. The van der Waals surface area contributed by atoms with Crippen molar-refractivity contribution < 1.29 is 0 Å². The molecular formula is C26H21Si. The summed E-state index contributed by atoms with van der Waals surface area (Å²) in [5.41, 5.74) is 5.74. The highest BCUT2D eigenvalue weighted by Gasteiger charge is 2.27. The third kappa shape index (κ3) is 2.75. The molecule has 1 aliphatic carbocycles. The van der Waals surface area contributed by atoms with Crippen molar-refractivity contribution in [1.29, 1.82) is 0 Å². The Bertz CT molecular complexity index is 1040. The van der Waals surface area contributed by atoms with Crippen LogP contribution in [0.3, 0.4) is 0 Å². The molecule has 1 heteroatoms. The van der Waals surface area contributed by atoms with Crippen molar-refractivity contribution in [3.05, 3.63) is 114 Å². The molecule has 129 valence electrons. The lowest BCUT2D eigenvalue weighted by Gasteiger charge is -2.18. The lowest BCUT2D eigenvalue weighted by molar-refractivity contribution is 0.958. The van der Waals surface area contributed by atoms with Gasteiger partial charge in [0.15, 0.2) is 8.80 Å². The molecule has 0 heterocycles. The molecule has 0 spiro atoms. The lowest BCUT2D eigenvalue weighted by atomic mass is 10.00. The van der Waals surface area contributed by atoms with Crippen LogP contribution >= 0.6 is 0 Å². The van der Waals surface area contributed by atoms with E-state index in [1.807, 2.05) is 0 Å². The minimum absolute atomic E-state index is 0.464. The molecule has 0 aromatic heterocycles. The molecule has 0 amide bonds. The van der Waals surface area contributed by atoms with Gasteiger partial charge in [0, 0.05) is 5.92 Å². The van der Waals surface area contributed by atoms with E-state index in [9.17, 15) is 0 Å². The van der Waals surface area contributed by atoms with Crippen LogP contribution in [-0.4, -0.2) is 8.80 Å². The second kappa shape index (κ2) is 6.68. The summed E-state index contributed by atoms with van der Waals surface area (Å²) in [6, 6.07) is 38.0. The third-order valence-corrected chi connectivity index (χ3v) is 8.36. The van der Waals surface area contributed by atoms with E-state index in [4.69, 9.17) is 0 Å². The van der Waals surface area contributed by atoms with Crippen LogP contribution in [0.15, 0.2) is 103 Å². The molecule has 4 aromatic carbocycles. The minimum atomic E-state index is -1.01. The first-order chi connectivity index (χ1) is 13.3. The maximum absolute atomic E-state index is 2.48. The van der Waals surface area contributed by atoms with Gasteiger partial charge in [0.2, 0.25) is 0 Å². The summed E-state index contributed by atoms with van der Waals surface area (Å²) < 4.78 is 0. The molecule has 0 saturated carbocycles. The molecule has 5 rings (SSSR count). The van der Waals surface area contributed by atoms with Gasteiger partial charge in [-0.2, -0.15) is 0 Å². The molecule has 1 aliphatic rings. The van der Waals surface area contributed by atoms with Crippen LogP contribution in [0.5, 0.6) is 0 Å². The first-order valence-corrected chi connectivity index (χ1v) is 11.0. The largest absolute Gasteiger partial charge is 0.154 e. The predicted octanol–water partition coefficient (Wildman–Crippen LogP) is 4.34. The van der Waals surface area contributed by atoms with E-state index in [2.05, 4.69) is 110 Å². The number of hydrogen-bond donors (Lipinski definition) is 0.